The number of nitrogens with zero attached hydrogens (tertiary/aromatic N) is 2. The van der Waals surface area contributed by atoms with E-state index in [1.807, 2.05) is 20.8 Å². The van der Waals surface area contributed by atoms with E-state index in [0.29, 0.717) is 19.3 Å². The van der Waals surface area contributed by atoms with Crippen LogP contribution in [0.25, 0.3) is 0 Å². The Morgan fingerprint density at radius 2 is 2.04 bits per heavy atom. The SMILES string of the molecule is CCCON(C(=O)CCCc1nc(C(=O)OC)cs1)C(=O)C(N)C(C)CC. The van der Waals surface area contributed by atoms with Gasteiger partial charge in [-0.2, -0.15) is 5.06 Å². The highest BCUT2D eigenvalue weighted by atomic mass is 32.1. The van der Waals surface area contributed by atoms with Crippen LogP contribution in [0.4, 0.5) is 0 Å². The molecular formula is C18H29N3O5S. The summed E-state index contributed by atoms with van der Waals surface area (Å²) in [5, 5.41) is 3.17. The highest BCUT2D eigenvalue weighted by Crippen LogP contribution is 2.15. The summed E-state index contributed by atoms with van der Waals surface area (Å²) in [6.45, 7) is 5.96. The second kappa shape index (κ2) is 11.8. The number of imide groups is 1. The number of hydrogen-bond donors (Lipinski definition) is 1. The zero-order valence-electron chi connectivity index (χ0n) is 16.4. The maximum absolute atomic E-state index is 12.5. The average Bonchev–Trinajstić information content (AvgIpc) is 3.15. The van der Waals surface area contributed by atoms with Crippen molar-refractivity contribution in [2.24, 2.45) is 11.7 Å². The molecule has 1 aromatic rings. The van der Waals surface area contributed by atoms with Crippen LogP contribution in [0.2, 0.25) is 0 Å². The molecule has 0 aliphatic carbocycles. The molecule has 0 aliphatic heterocycles. The Hall–Kier alpha value is -1.84. The number of carbonyl (C=O) groups is 3. The lowest BCUT2D eigenvalue weighted by molar-refractivity contribution is -0.197. The molecule has 0 fully saturated rings. The summed E-state index contributed by atoms with van der Waals surface area (Å²) in [5.74, 6) is -1.47. The molecule has 8 nitrogen and oxygen atoms in total. The summed E-state index contributed by atoms with van der Waals surface area (Å²) in [4.78, 5) is 46.0. The minimum absolute atomic E-state index is 0.0508. The zero-order valence-corrected chi connectivity index (χ0v) is 17.2. The Morgan fingerprint density at radius 3 is 2.63 bits per heavy atom. The number of rotatable bonds is 11. The highest BCUT2D eigenvalue weighted by Gasteiger charge is 2.30. The molecule has 0 spiro atoms. The summed E-state index contributed by atoms with van der Waals surface area (Å²) in [6.07, 6.45) is 2.52. The molecule has 1 heterocycles. The fourth-order valence-corrected chi connectivity index (χ4v) is 3.00. The summed E-state index contributed by atoms with van der Waals surface area (Å²) in [7, 11) is 1.30. The van der Waals surface area contributed by atoms with E-state index in [4.69, 9.17) is 10.6 Å². The van der Waals surface area contributed by atoms with Crippen molar-refractivity contribution in [1.29, 1.82) is 0 Å². The number of hydroxylamine groups is 2. The number of esters is 1. The summed E-state index contributed by atoms with van der Waals surface area (Å²) in [6, 6.07) is -0.780. The number of methoxy groups -OCH3 is 1. The van der Waals surface area contributed by atoms with Gasteiger partial charge in [0.2, 0.25) is 0 Å². The quantitative estimate of drug-likeness (QED) is 0.449. The predicted octanol–water partition coefficient (Wildman–Crippen LogP) is 2.32. The van der Waals surface area contributed by atoms with Crippen molar-refractivity contribution in [2.45, 2.75) is 58.9 Å². The van der Waals surface area contributed by atoms with Gasteiger partial charge < -0.3 is 10.5 Å². The molecule has 152 valence electrons. The number of aromatic nitrogens is 1. The van der Waals surface area contributed by atoms with Gasteiger partial charge in [0, 0.05) is 11.8 Å². The fourth-order valence-electron chi connectivity index (χ4n) is 2.19. The molecule has 1 rings (SSSR count). The Bertz CT molecular complexity index is 634. The first-order valence-corrected chi connectivity index (χ1v) is 10.0. The largest absolute Gasteiger partial charge is 0.464 e. The molecule has 0 radical (unpaired) electrons. The van der Waals surface area contributed by atoms with Crippen LogP contribution in [0.1, 0.15) is 62.0 Å². The van der Waals surface area contributed by atoms with Crippen LogP contribution in [-0.2, 0) is 25.6 Å². The van der Waals surface area contributed by atoms with E-state index < -0.39 is 23.8 Å². The topological polar surface area (TPSA) is 112 Å². The first-order valence-electron chi connectivity index (χ1n) is 9.13. The van der Waals surface area contributed by atoms with Gasteiger partial charge in [-0.3, -0.25) is 14.4 Å². The van der Waals surface area contributed by atoms with E-state index in [1.165, 1.54) is 18.4 Å². The van der Waals surface area contributed by atoms with E-state index in [2.05, 4.69) is 9.72 Å². The van der Waals surface area contributed by atoms with E-state index in [0.717, 1.165) is 16.5 Å². The van der Waals surface area contributed by atoms with Crippen LogP contribution in [0.5, 0.6) is 0 Å². The summed E-state index contributed by atoms with van der Waals surface area (Å²) >= 11 is 1.33. The van der Waals surface area contributed by atoms with Crippen molar-refractivity contribution >= 4 is 29.1 Å². The lowest BCUT2D eigenvalue weighted by Crippen LogP contribution is -2.49. The van der Waals surface area contributed by atoms with Gasteiger partial charge in [0.15, 0.2) is 5.69 Å². The smallest absolute Gasteiger partial charge is 0.357 e. The summed E-state index contributed by atoms with van der Waals surface area (Å²) in [5.41, 5.74) is 6.23. The maximum atomic E-state index is 12.5. The molecule has 1 aromatic heterocycles. The normalized spacial score (nSPS) is 13.1. The van der Waals surface area contributed by atoms with E-state index >= 15 is 0 Å². The number of aryl methyl sites for hydroxylation is 1. The molecular weight excluding hydrogens is 370 g/mol. The van der Waals surface area contributed by atoms with Crippen molar-refractivity contribution in [1.82, 2.24) is 10.0 Å². The molecule has 0 aromatic carbocycles. The number of hydrogen-bond acceptors (Lipinski definition) is 8. The molecule has 0 aliphatic rings. The molecule has 2 amide bonds. The van der Waals surface area contributed by atoms with Crippen molar-refractivity contribution in [3.63, 3.8) is 0 Å². The standard InChI is InChI=1S/C18H29N3O5S/c1-5-10-26-21(17(23)16(19)12(3)6-2)15(22)9-7-8-14-20-13(11-27-14)18(24)25-4/h11-12,16H,5-10,19H2,1-4H3. The maximum Gasteiger partial charge on any atom is 0.357 e. The summed E-state index contributed by atoms with van der Waals surface area (Å²) < 4.78 is 4.62. The second-order valence-electron chi connectivity index (χ2n) is 6.24. The molecule has 9 heteroatoms. The Labute approximate surface area is 164 Å². The molecule has 0 bridgehead atoms. The van der Waals surface area contributed by atoms with Gasteiger partial charge in [0.25, 0.3) is 11.8 Å². The number of amides is 2. The van der Waals surface area contributed by atoms with Crippen LogP contribution in [0.15, 0.2) is 5.38 Å². The van der Waals surface area contributed by atoms with Gasteiger partial charge in [-0.1, -0.05) is 27.2 Å². The molecule has 27 heavy (non-hydrogen) atoms. The van der Waals surface area contributed by atoms with Gasteiger partial charge in [0.05, 0.1) is 24.8 Å². The van der Waals surface area contributed by atoms with Crippen molar-refractivity contribution in [3.8, 4) is 0 Å². The van der Waals surface area contributed by atoms with E-state index in [9.17, 15) is 14.4 Å². The van der Waals surface area contributed by atoms with Crippen LogP contribution in [0, 0.1) is 5.92 Å². The number of carbonyl (C=O) groups excluding carboxylic acids is 3. The monoisotopic (exact) mass is 399 g/mol. The average molecular weight is 400 g/mol. The van der Waals surface area contributed by atoms with Crippen LogP contribution in [-0.4, -0.2) is 47.6 Å². The first-order chi connectivity index (χ1) is 12.8. The van der Waals surface area contributed by atoms with E-state index in [-0.39, 0.29) is 24.6 Å². The van der Waals surface area contributed by atoms with Gasteiger partial charge in [-0.05, 0) is 25.2 Å². The zero-order chi connectivity index (χ0) is 20.4. The van der Waals surface area contributed by atoms with Gasteiger partial charge in [0.1, 0.15) is 0 Å². The van der Waals surface area contributed by atoms with Gasteiger partial charge in [-0.25, -0.2) is 9.78 Å². The number of thiazole rings is 1. The molecule has 2 N–H and O–H groups in total. The van der Waals surface area contributed by atoms with Crippen molar-refractivity contribution in [2.75, 3.05) is 13.7 Å². The highest BCUT2D eigenvalue weighted by molar-refractivity contribution is 7.09. The molecule has 0 saturated heterocycles. The first kappa shape index (κ1) is 23.2. The third kappa shape index (κ3) is 7.00. The van der Waals surface area contributed by atoms with Crippen molar-refractivity contribution in [3.05, 3.63) is 16.1 Å². The Morgan fingerprint density at radius 1 is 1.33 bits per heavy atom. The van der Waals surface area contributed by atoms with Crippen LogP contribution >= 0.6 is 11.3 Å². The minimum atomic E-state index is -0.780. The fraction of sp³-hybridized carbons (Fsp3) is 0.667. The van der Waals surface area contributed by atoms with Crippen LogP contribution in [0.3, 0.4) is 0 Å². The van der Waals surface area contributed by atoms with Crippen LogP contribution < -0.4 is 5.73 Å². The Kier molecular flexibility index (Phi) is 10.1. The lowest BCUT2D eigenvalue weighted by Gasteiger charge is -2.25. The third-order valence-electron chi connectivity index (χ3n) is 4.12. The predicted molar refractivity (Wildman–Crippen MR) is 102 cm³/mol. The third-order valence-corrected chi connectivity index (χ3v) is 5.03. The number of nitrogens with two attached hydrogens (primary N) is 1. The second-order valence-corrected chi connectivity index (χ2v) is 7.19. The Balaban J connectivity index is 2.64. The molecule has 0 saturated carbocycles. The van der Waals surface area contributed by atoms with Gasteiger partial charge >= 0.3 is 5.97 Å². The van der Waals surface area contributed by atoms with Gasteiger partial charge in [-0.15, -0.1) is 11.3 Å². The van der Waals surface area contributed by atoms with Crippen molar-refractivity contribution < 1.29 is 24.0 Å². The number of ether oxygens (including phenoxy) is 1. The minimum Gasteiger partial charge on any atom is -0.464 e. The molecule has 2 unspecified atom stereocenters. The lowest BCUT2D eigenvalue weighted by atomic mass is 9.99. The van der Waals surface area contributed by atoms with E-state index in [1.54, 1.807) is 5.38 Å². The molecule has 2 atom stereocenters.